The highest BCUT2D eigenvalue weighted by atomic mass is 79.9. The molecule has 0 amide bonds. The van der Waals surface area contributed by atoms with Gasteiger partial charge in [-0.05, 0) is 22.4 Å². The highest BCUT2D eigenvalue weighted by Gasteiger charge is 2.11. The Morgan fingerprint density at radius 1 is 1.64 bits per heavy atom. The zero-order valence-corrected chi connectivity index (χ0v) is 8.47. The van der Waals surface area contributed by atoms with E-state index in [0.29, 0.717) is 5.88 Å². The summed E-state index contributed by atoms with van der Waals surface area (Å²) in [6.07, 6.45) is 0.952. The lowest BCUT2D eigenvalue weighted by Gasteiger charge is -1.94. The number of ether oxygens (including phenoxy) is 1. The first-order valence-corrected chi connectivity index (χ1v) is 4.25. The van der Waals surface area contributed by atoms with Gasteiger partial charge >= 0.3 is 0 Å². The number of halogens is 1. The molecular formula is C7H11BrN2O. The van der Waals surface area contributed by atoms with Crippen LogP contribution >= 0.6 is 15.9 Å². The summed E-state index contributed by atoms with van der Waals surface area (Å²) in [6, 6.07) is 0. The fourth-order valence-electron chi connectivity index (χ4n) is 1.02. The second-order valence-corrected chi connectivity index (χ2v) is 3.04. The topological polar surface area (TPSA) is 27.1 Å². The monoisotopic (exact) mass is 218 g/mol. The van der Waals surface area contributed by atoms with Crippen molar-refractivity contribution in [2.24, 2.45) is 7.05 Å². The van der Waals surface area contributed by atoms with Gasteiger partial charge in [-0.25, -0.2) is 0 Å². The summed E-state index contributed by atoms with van der Waals surface area (Å²) in [5.74, 6) is 0.657. The zero-order valence-electron chi connectivity index (χ0n) is 6.89. The van der Waals surface area contributed by atoms with E-state index in [0.717, 1.165) is 16.6 Å². The van der Waals surface area contributed by atoms with Crippen molar-refractivity contribution in [2.45, 2.75) is 13.3 Å². The lowest BCUT2D eigenvalue weighted by atomic mass is 10.3. The van der Waals surface area contributed by atoms with Crippen LogP contribution in [0.15, 0.2) is 4.47 Å². The molecule has 0 aliphatic rings. The minimum Gasteiger partial charge on any atom is -0.479 e. The van der Waals surface area contributed by atoms with Gasteiger partial charge < -0.3 is 4.74 Å². The molecule has 0 saturated carbocycles. The predicted octanol–water partition coefficient (Wildman–Crippen LogP) is 1.75. The third-order valence-electron chi connectivity index (χ3n) is 1.60. The van der Waals surface area contributed by atoms with Crippen LogP contribution in [0.1, 0.15) is 12.6 Å². The SMILES string of the molecule is CCc1c(Br)c(OC)nn1C. The predicted molar refractivity (Wildman–Crippen MR) is 46.8 cm³/mol. The van der Waals surface area contributed by atoms with Gasteiger partial charge in [0.2, 0.25) is 5.88 Å². The van der Waals surface area contributed by atoms with Crippen molar-refractivity contribution < 1.29 is 4.74 Å². The Balaban J connectivity index is 3.14. The van der Waals surface area contributed by atoms with Gasteiger partial charge in [-0.1, -0.05) is 6.92 Å². The summed E-state index contributed by atoms with van der Waals surface area (Å²) in [4.78, 5) is 0. The molecule has 3 nitrogen and oxygen atoms in total. The molecule has 1 aromatic heterocycles. The average molecular weight is 219 g/mol. The summed E-state index contributed by atoms with van der Waals surface area (Å²) in [6.45, 7) is 2.08. The molecule has 1 heterocycles. The molecule has 0 bridgehead atoms. The number of hydrogen-bond acceptors (Lipinski definition) is 2. The molecule has 0 fully saturated rings. The van der Waals surface area contributed by atoms with E-state index >= 15 is 0 Å². The molecule has 62 valence electrons. The summed E-state index contributed by atoms with van der Waals surface area (Å²) in [5.41, 5.74) is 1.15. The third-order valence-corrected chi connectivity index (χ3v) is 2.40. The molecule has 1 aromatic rings. The van der Waals surface area contributed by atoms with Crippen molar-refractivity contribution in [2.75, 3.05) is 7.11 Å². The van der Waals surface area contributed by atoms with Crippen molar-refractivity contribution in [1.29, 1.82) is 0 Å². The van der Waals surface area contributed by atoms with Crippen molar-refractivity contribution in [3.05, 3.63) is 10.2 Å². The van der Waals surface area contributed by atoms with E-state index in [1.807, 2.05) is 11.7 Å². The van der Waals surface area contributed by atoms with Gasteiger partial charge in [0.05, 0.1) is 12.8 Å². The molecule has 0 unspecified atom stereocenters. The molecule has 0 aromatic carbocycles. The van der Waals surface area contributed by atoms with Crippen LogP contribution in [-0.4, -0.2) is 16.9 Å². The van der Waals surface area contributed by atoms with E-state index in [4.69, 9.17) is 4.74 Å². The molecule has 0 aliphatic carbocycles. The van der Waals surface area contributed by atoms with Gasteiger partial charge in [0.15, 0.2) is 0 Å². The second kappa shape index (κ2) is 3.26. The number of methoxy groups -OCH3 is 1. The molecule has 0 atom stereocenters. The van der Waals surface area contributed by atoms with Crippen LogP contribution in [0, 0.1) is 0 Å². The normalized spacial score (nSPS) is 10.2. The molecule has 0 saturated heterocycles. The minimum atomic E-state index is 0.657. The molecular weight excluding hydrogens is 208 g/mol. The van der Waals surface area contributed by atoms with Crippen LogP contribution in [0.25, 0.3) is 0 Å². The Hall–Kier alpha value is -0.510. The molecule has 0 radical (unpaired) electrons. The first-order valence-electron chi connectivity index (χ1n) is 3.46. The number of aryl methyl sites for hydroxylation is 1. The summed E-state index contributed by atoms with van der Waals surface area (Å²) in [5, 5.41) is 4.15. The lowest BCUT2D eigenvalue weighted by molar-refractivity contribution is 0.389. The fourth-order valence-corrected chi connectivity index (χ4v) is 1.80. The number of aromatic nitrogens is 2. The third kappa shape index (κ3) is 1.40. The Labute approximate surface area is 74.5 Å². The summed E-state index contributed by atoms with van der Waals surface area (Å²) >= 11 is 3.41. The zero-order chi connectivity index (χ0) is 8.43. The van der Waals surface area contributed by atoms with E-state index in [-0.39, 0.29) is 0 Å². The van der Waals surface area contributed by atoms with Gasteiger partial charge in [-0.2, -0.15) is 0 Å². The van der Waals surface area contributed by atoms with Gasteiger partial charge in [-0.3, -0.25) is 4.68 Å². The van der Waals surface area contributed by atoms with Crippen LogP contribution in [0.5, 0.6) is 5.88 Å². The molecule has 0 aliphatic heterocycles. The van der Waals surface area contributed by atoms with Crippen LogP contribution in [-0.2, 0) is 13.5 Å². The highest BCUT2D eigenvalue weighted by molar-refractivity contribution is 9.10. The number of rotatable bonds is 2. The van der Waals surface area contributed by atoms with Crippen LogP contribution in [0.3, 0.4) is 0 Å². The standard InChI is InChI=1S/C7H11BrN2O/c1-4-5-6(8)7(11-3)9-10(5)2/h4H2,1-3H3. The van der Waals surface area contributed by atoms with Crippen molar-refractivity contribution in [1.82, 2.24) is 9.78 Å². The average Bonchev–Trinajstić information content (AvgIpc) is 2.26. The van der Waals surface area contributed by atoms with Gasteiger partial charge in [0.1, 0.15) is 4.47 Å². The van der Waals surface area contributed by atoms with Crippen LogP contribution < -0.4 is 4.74 Å². The minimum absolute atomic E-state index is 0.657. The molecule has 0 spiro atoms. The maximum absolute atomic E-state index is 5.03. The Bertz CT molecular complexity index is 257. The number of nitrogens with zero attached hydrogens (tertiary/aromatic N) is 2. The van der Waals surface area contributed by atoms with Crippen molar-refractivity contribution in [3.63, 3.8) is 0 Å². The maximum Gasteiger partial charge on any atom is 0.247 e. The van der Waals surface area contributed by atoms with Crippen molar-refractivity contribution in [3.8, 4) is 5.88 Å². The van der Waals surface area contributed by atoms with Crippen molar-refractivity contribution >= 4 is 15.9 Å². The molecule has 0 N–H and O–H groups in total. The van der Waals surface area contributed by atoms with E-state index in [1.54, 1.807) is 7.11 Å². The molecule has 1 rings (SSSR count). The Kier molecular flexibility index (Phi) is 2.54. The highest BCUT2D eigenvalue weighted by Crippen LogP contribution is 2.27. The maximum atomic E-state index is 5.03. The molecule has 11 heavy (non-hydrogen) atoms. The van der Waals surface area contributed by atoms with Crippen LogP contribution in [0.4, 0.5) is 0 Å². The first kappa shape index (κ1) is 8.59. The Morgan fingerprint density at radius 2 is 2.27 bits per heavy atom. The van der Waals surface area contributed by atoms with E-state index in [9.17, 15) is 0 Å². The first-order chi connectivity index (χ1) is 5.20. The molecule has 4 heteroatoms. The lowest BCUT2D eigenvalue weighted by Crippen LogP contribution is -1.96. The second-order valence-electron chi connectivity index (χ2n) is 2.25. The van der Waals surface area contributed by atoms with E-state index < -0.39 is 0 Å². The van der Waals surface area contributed by atoms with Crippen LogP contribution in [0.2, 0.25) is 0 Å². The fraction of sp³-hybridized carbons (Fsp3) is 0.571. The quantitative estimate of drug-likeness (QED) is 0.757. The van der Waals surface area contributed by atoms with E-state index in [2.05, 4.69) is 28.0 Å². The Morgan fingerprint density at radius 3 is 2.55 bits per heavy atom. The smallest absolute Gasteiger partial charge is 0.247 e. The van der Waals surface area contributed by atoms with Gasteiger partial charge in [0.25, 0.3) is 0 Å². The largest absolute Gasteiger partial charge is 0.479 e. The van der Waals surface area contributed by atoms with Gasteiger partial charge in [0, 0.05) is 7.05 Å². The van der Waals surface area contributed by atoms with E-state index in [1.165, 1.54) is 0 Å². The summed E-state index contributed by atoms with van der Waals surface area (Å²) < 4.78 is 7.81. The summed E-state index contributed by atoms with van der Waals surface area (Å²) in [7, 11) is 3.53. The van der Waals surface area contributed by atoms with Gasteiger partial charge in [-0.15, -0.1) is 5.10 Å². The number of hydrogen-bond donors (Lipinski definition) is 0.